The predicted octanol–water partition coefficient (Wildman–Crippen LogP) is 1.33. The summed E-state index contributed by atoms with van der Waals surface area (Å²) in [7, 11) is 0. The lowest BCUT2D eigenvalue weighted by molar-refractivity contribution is 0.0914. The van der Waals surface area contributed by atoms with Crippen LogP contribution in [0.25, 0.3) is 0 Å². The highest BCUT2D eigenvalue weighted by molar-refractivity contribution is 5.94. The second kappa shape index (κ2) is 5.46. The second-order valence-electron chi connectivity index (χ2n) is 3.27. The third-order valence-electron chi connectivity index (χ3n) is 2.14. The van der Waals surface area contributed by atoms with E-state index in [2.05, 4.69) is 5.32 Å². The zero-order valence-corrected chi connectivity index (χ0v) is 8.53. The van der Waals surface area contributed by atoms with E-state index in [1.54, 1.807) is 0 Å². The fraction of sp³-hybridized carbons (Fsp3) is 0.364. The molecule has 1 unspecified atom stereocenters. The van der Waals surface area contributed by atoms with E-state index in [0.29, 0.717) is 6.42 Å². The van der Waals surface area contributed by atoms with Gasteiger partial charge in [0.25, 0.3) is 5.91 Å². The number of carbonyl (C=O) groups is 1. The molecule has 0 spiro atoms. The Morgan fingerprint density at radius 3 is 2.87 bits per heavy atom. The molecule has 1 aromatic carbocycles. The lowest BCUT2D eigenvalue weighted by Gasteiger charge is -2.13. The number of benzene rings is 1. The lowest BCUT2D eigenvalue weighted by atomic mass is 10.1. The zero-order chi connectivity index (χ0) is 11.3. The van der Waals surface area contributed by atoms with E-state index < -0.39 is 5.82 Å². The zero-order valence-electron chi connectivity index (χ0n) is 8.53. The largest absolute Gasteiger partial charge is 0.394 e. The molecule has 1 aromatic rings. The summed E-state index contributed by atoms with van der Waals surface area (Å²) >= 11 is 0. The molecule has 1 atom stereocenters. The van der Waals surface area contributed by atoms with Crippen LogP contribution in [0.15, 0.2) is 24.3 Å². The molecule has 0 saturated carbocycles. The molecule has 2 N–H and O–H groups in total. The quantitative estimate of drug-likeness (QED) is 0.789. The maximum absolute atomic E-state index is 12.8. The van der Waals surface area contributed by atoms with Gasteiger partial charge in [-0.05, 0) is 24.6 Å². The van der Waals surface area contributed by atoms with Crippen molar-refractivity contribution in [3.63, 3.8) is 0 Å². The van der Waals surface area contributed by atoms with Crippen LogP contribution in [0.4, 0.5) is 4.39 Å². The van der Waals surface area contributed by atoms with Crippen LogP contribution in [0.2, 0.25) is 0 Å². The normalized spacial score (nSPS) is 12.2. The van der Waals surface area contributed by atoms with Crippen LogP contribution < -0.4 is 5.32 Å². The van der Waals surface area contributed by atoms with Crippen molar-refractivity contribution in [3.05, 3.63) is 35.6 Å². The molecular formula is C11H14FNO2. The molecule has 0 saturated heterocycles. The Hall–Kier alpha value is -1.42. The van der Waals surface area contributed by atoms with Gasteiger partial charge in [-0.25, -0.2) is 4.39 Å². The molecule has 0 aliphatic rings. The second-order valence-corrected chi connectivity index (χ2v) is 3.27. The van der Waals surface area contributed by atoms with Crippen LogP contribution in [0.1, 0.15) is 23.7 Å². The van der Waals surface area contributed by atoms with Gasteiger partial charge in [0.1, 0.15) is 5.82 Å². The van der Waals surface area contributed by atoms with Crippen LogP contribution in [-0.4, -0.2) is 23.7 Å². The fourth-order valence-corrected chi connectivity index (χ4v) is 1.18. The Morgan fingerprint density at radius 1 is 1.60 bits per heavy atom. The first-order chi connectivity index (χ1) is 7.17. The molecule has 0 aliphatic heterocycles. The van der Waals surface area contributed by atoms with E-state index in [0.717, 1.165) is 0 Å². The average Bonchev–Trinajstić information content (AvgIpc) is 2.25. The van der Waals surface area contributed by atoms with E-state index in [-0.39, 0.29) is 24.1 Å². The summed E-state index contributed by atoms with van der Waals surface area (Å²) in [6.45, 7) is 1.74. The fourth-order valence-electron chi connectivity index (χ4n) is 1.18. The van der Waals surface area contributed by atoms with Gasteiger partial charge in [0.15, 0.2) is 0 Å². The van der Waals surface area contributed by atoms with Crippen molar-refractivity contribution < 1.29 is 14.3 Å². The summed E-state index contributed by atoms with van der Waals surface area (Å²) in [6, 6.07) is 5.17. The molecule has 0 heterocycles. The number of hydrogen-bond donors (Lipinski definition) is 2. The van der Waals surface area contributed by atoms with Gasteiger partial charge in [0.05, 0.1) is 12.6 Å². The molecule has 0 fully saturated rings. The van der Waals surface area contributed by atoms with E-state index in [4.69, 9.17) is 5.11 Å². The van der Waals surface area contributed by atoms with Crippen LogP contribution in [0, 0.1) is 5.82 Å². The smallest absolute Gasteiger partial charge is 0.251 e. The van der Waals surface area contributed by atoms with Crippen molar-refractivity contribution in [1.82, 2.24) is 5.32 Å². The van der Waals surface area contributed by atoms with Gasteiger partial charge in [-0.15, -0.1) is 0 Å². The highest BCUT2D eigenvalue weighted by Crippen LogP contribution is 2.04. The monoisotopic (exact) mass is 211 g/mol. The van der Waals surface area contributed by atoms with E-state index in [9.17, 15) is 9.18 Å². The standard InChI is InChI=1S/C11H14FNO2/c1-2-10(7-14)13-11(15)8-4-3-5-9(12)6-8/h3-6,10,14H,2,7H2,1H3,(H,13,15). The van der Waals surface area contributed by atoms with Gasteiger partial charge in [0, 0.05) is 5.56 Å². The first-order valence-corrected chi connectivity index (χ1v) is 4.84. The van der Waals surface area contributed by atoms with Crippen molar-refractivity contribution in [2.24, 2.45) is 0 Å². The lowest BCUT2D eigenvalue weighted by Crippen LogP contribution is -2.36. The number of amides is 1. The van der Waals surface area contributed by atoms with Gasteiger partial charge in [0.2, 0.25) is 0 Å². The summed E-state index contributed by atoms with van der Waals surface area (Å²) in [5.41, 5.74) is 0.266. The molecule has 15 heavy (non-hydrogen) atoms. The Balaban J connectivity index is 2.68. The first-order valence-electron chi connectivity index (χ1n) is 4.84. The highest BCUT2D eigenvalue weighted by atomic mass is 19.1. The number of aliphatic hydroxyl groups is 1. The molecule has 0 aromatic heterocycles. The van der Waals surface area contributed by atoms with E-state index in [1.807, 2.05) is 6.92 Å². The van der Waals surface area contributed by atoms with Crippen molar-refractivity contribution in [2.75, 3.05) is 6.61 Å². The molecular weight excluding hydrogens is 197 g/mol. The maximum Gasteiger partial charge on any atom is 0.251 e. The number of aliphatic hydroxyl groups excluding tert-OH is 1. The Labute approximate surface area is 87.9 Å². The van der Waals surface area contributed by atoms with Crippen molar-refractivity contribution in [2.45, 2.75) is 19.4 Å². The third-order valence-corrected chi connectivity index (χ3v) is 2.14. The summed E-state index contributed by atoms with van der Waals surface area (Å²) < 4.78 is 12.8. The van der Waals surface area contributed by atoms with Gasteiger partial charge < -0.3 is 10.4 Å². The molecule has 1 amide bonds. The minimum absolute atomic E-state index is 0.114. The third kappa shape index (κ3) is 3.32. The van der Waals surface area contributed by atoms with Crippen molar-refractivity contribution in [3.8, 4) is 0 Å². The molecule has 3 nitrogen and oxygen atoms in total. The van der Waals surface area contributed by atoms with Gasteiger partial charge >= 0.3 is 0 Å². The van der Waals surface area contributed by atoms with Gasteiger partial charge in [-0.2, -0.15) is 0 Å². The minimum Gasteiger partial charge on any atom is -0.394 e. The van der Waals surface area contributed by atoms with Crippen LogP contribution in [0.5, 0.6) is 0 Å². The number of nitrogens with one attached hydrogen (secondary N) is 1. The molecule has 82 valence electrons. The maximum atomic E-state index is 12.8. The van der Waals surface area contributed by atoms with Crippen molar-refractivity contribution in [1.29, 1.82) is 0 Å². The van der Waals surface area contributed by atoms with E-state index >= 15 is 0 Å². The number of rotatable bonds is 4. The average molecular weight is 211 g/mol. The highest BCUT2D eigenvalue weighted by Gasteiger charge is 2.11. The number of hydrogen-bond acceptors (Lipinski definition) is 2. The Morgan fingerprint density at radius 2 is 2.33 bits per heavy atom. The number of carbonyl (C=O) groups excluding carboxylic acids is 1. The summed E-state index contributed by atoms with van der Waals surface area (Å²) in [5, 5.41) is 11.5. The topological polar surface area (TPSA) is 49.3 Å². The van der Waals surface area contributed by atoms with Gasteiger partial charge in [-0.3, -0.25) is 4.79 Å². The molecule has 4 heteroatoms. The molecule has 1 rings (SSSR count). The van der Waals surface area contributed by atoms with Crippen LogP contribution in [-0.2, 0) is 0 Å². The summed E-state index contributed by atoms with van der Waals surface area (Å²) in [5.74, 6) is -0.810. The molecule has 0 bridgehead atoms. The predicted molar refractivity (Wildman–Crippen MR) is 55.0 cm³/mol. The summed E-state index contributed by atoms with van der Waals surface area (Å²) in [6.07, 6.45) is 0.636. The van der Waals surface area contributed by atoms with Crippen LogP contribution >= 0.6 is 0 Å². The van der Waals surface area contributed by atoms with Gasteiger partial charge in [-0.1, -0.05) is 13.0 Å². The van der Waals surface area contributed by atoms with Crippen LogP contribution in [0.3, 0.4) is 0 Å². The first kappa shape index (κ1) is 11.7. The summed E-state index contributed by atoms with van der Waals surface area (Å²) in [4.78, 5) is 11.5. The number of halogens is 1. The minimum atomic E-state index is -0.445. The SMILES string of the molecule is CCC(CO)NC(=O)c1cccc(F)c1. The Bertz CT molecular complexity index is 337. The Kier molecular flexibility index (Phi) is 4.24. The van der Waals surface area contributed by atoms with E-state index in [1.165, 1.54) is 24.3 Å². The molecule has 0 aliphatic carbocycles. The van der Waals surface area contributed by atoms with Crippen molar-refractivity contribution >= 4 is 5.91 Å². The molecule has 0 radical (unpaired) electrons.